The maximum Gasteiger partial charge on any atom is 0.306 e. The average molecular weight is 180 g/mol. The molecule has 4 heteroatoms. The molecule has 1 N–H and O–H groups in total. The van der Waals surface area contributed by atoms with Crippen LogP contribution in [0.5, 0.6) is 0 Å². The number of aliphatic carboxylic acids is 1. The summed E-state index contributed by atoms with van der Waals surface area (Å²) < 4.78 is 0. The van der Waals surface area contributed by atoms with Crippen molar-refractivity contribution in [2.75, 3.05) is 0 Å². The van der Waals surface area contributed by atoms with Crippen LogP contribution in [0, 0.1) is 17.8 Å². The van der Waals surface area contributed by atoms with Gasteiger partial charge in [-0.05, 0) is 18.8 Å². The van der Waals surface area contributed by atoms with Crippen molar-refractivity contribution in [1.29, 1.82) is 0 Å². The summed E-state index contributed by atoms with van der Waals surface area (Å²) in [6, 6.07) is 0. The van der Waals surface area contributed by atoms with E-state index >= 15 is 0 Å². The highest BCUT2D eigenvalue weighted by molar-refractivity contribution is 6.58. The van der Waals surface area contributed by atoms with E-state index in [0.29, 0.717) is 6.42 Å². The SMILES string of the molecule is [B]C(=O)C1CCCC(C(=O)O)C1C. The Morgan fingerprint density at radius 2 is 1.85 bits per heavy atom. The van der Waals surface area contributed by atoms with Gasteiger partial charge >= 0.3 is 5.97 Å². The fourth-order valence-corrected chi connectivity index (χ4v) is 2.11. The summed E-state index contributed by atoms with van der Waals surface area (Å²) in [5.74, 6) is -1.58. The van der Waals surface area contributed by atoms with Gasteiger partial charge in [0.1, 0.15) is 0 Å². The van der Waals surface area contributed by atoms with Crippen LogP contribution < -0.4 is 0 Å². The molecule has 1 saturated carbocycles. The molecule has 0 heterocycles. The highest BCUT2D eigenvalue weighted by atomic mass is 16.4. The maximum absolute atomic E-state index is 11.0. The lowest BCUT2D eigenvalue weighted by Gasteiger charge is -2.32. The minimum Gasteiger partial charge on any atom is -0.481 e. The molecule has 0 bridgehead atoms. The number of hydrogen-bond acceptors (Lipinski definition) is 2. The zero-order valence-electron chi connectivity index (χ0n) is 7.69. The Balaban J connectivity index is 2.71. The van der Waals surface area contributed by atoms with Crippen molar-refractivity contribution < 1.29 is 14.7 Å². The third-order valence-electron chi connectivity index (χ3n) is 2.98. The van der Waals surface area contributed by atoms with Gasteiger partial charge in [0, 0.05) is 5.92 Å². The van der Waals surface area contributed by atoms with E-state index < -0.39 is 11.9 Å². The molecule has 1 aliphatic carbocycles. The highest BCUT2D eigenvalue weighted by Crippen LogP contribution is 2.34. The monoisotopic (exact) mass is 180 g/mol. The predicted octanol–water partition coefficient (Wildman–Crippen LogP) is 0.818. The molecule has 3 atom stereocenters. The van der Waals surface area contributed by atoms with Crippen LogP contribution in [0.2, 0.25) is 0 Å². The van der Waals surface area contributed by atoms with Crippen molar-refractivity contribution in [2.24, 2.45) is 17.8 Å². The van der Waals surface area contributed by atoms with Crippen molar-refractivity contribution in [3.8, 4) is 0 Å². The number of carboxylic acids is 1. The zero-order valence-corrected chi connectivity index (χ0v) is 7.69. The van der Waals surface area contributed by atoms with Gasteiger partial charge < -0.3 is 9.90 Å². The lowest BCUT2D eigenvalue weighted by molar-refractivity contribution is -0.146. The number of carboxylic acid groups (broad SMARTS) is 1. The quantitative estimate of drug-likeness (QED) is 0.640. The second-order valence-electron chi connectivity index (χ2n) is 3.74. The van der Waals surface area contributed by atoms with Crippen molar-refractivity contribution in [1.82, 2.24) is 0 Å². The predicted molar refractivity (Wildman–Crippen MR) is 48.4 cm³/mol. The van der Waals surface area contributed by atoms with Crippen LogP contribution in [0.3, 0.4) is 0 Å². The molecule has 0 aromatic rings. The fourth-order valence-electron chi connectivity index (χ4n) is 2.11. The van der Waals surface area contributed by atoms with Gasteiger partial charge in [0.2, 0.25) is 0 Å². The van der Waals surface area contributed by atoms with Crippen molar-refractivity contribution in [3.05, 3.63) is 0 Å². The summed E-state index contributed by atoms with van der Waals surface area (Å²) in [4.78, 5) is 21.7. The molecule has 1 rings (SSSR count). The Labute approximate surface area is 78.9 Å². The molecule has 0 spiro atoms. The van der Waals surface area contributed by atoms with Gasteiger partial charge in [-0.25, -0.2) is 0 Å². The minimum atomic E-state index is -0.807. The van der Waals surface area contributed by atoms with Gasteiger partial charge in [-0.15, -0.1) is 0 Å². The van der Waals surface area contributed by atoms with Gasteiger partial charge in [-0.3, -0.25) is 4.79 Å². The van der Waals surface area contributed by atoms with E-state index in [4.69, 9.17) is 13.0 Å². The van der Waals surface area contributed by atoms with Crippen LogP contribution in [-0.4, -0.2) is 24.6 Å². The zero-order chi connectivity index (χ0) is 10.0. The molecule has 3 nitrogen and oxygen atoms in total. The average Bonchev–Trinajstić information content (AvgIpc) is 2.03. The number of rotatable bonds is 2. The van der Waals surface area contributed by atoms with E-state index in [1.807, 2.05) is 0 Å². The summed E-state index contributed by atoms with van der Waals surface area (Å²) in [7, 11) is 5.19. The molecule has 0 aromatic carbocycles. The maximum atomic E-state index is 11.0. The molecule has 1 aliphatic rings. The number of carbonyl (C=O) groups excluding carboxylic acids is 1. The molecule has 70 valence electrons. The van der Waals surface area contributed by atoms with Gasteiger partial charge in [-0.2, -0.15) is 0 Å². The Bertz CT molecular complexity index is 205. The molecular formula is C9H13BO3. The lowest BCUT2D eigenvalue weighted by atomic mass is 9.68. The number of hydrogen-bond donors (Lipinski definition) is 1. The first-order valence-corrected chi connectivity index (χ1v) is 4.56. The minimum absolute atomic E-state index is 0.122. The van der Waals surface area contributed by atoms with Crippen LogP contribution in [0.25, 0.3) is 0 Å². The summed E-state index contributed by atoms with van der Waals surface area (Å²) in [5.41, 5.74) is -0.363. The first-order valence-electron chi connectivity index (χ1n) is 4.56. The molecule has 3 unspecified atom stereocenters. The third kappa shape index (κ3) is 2.11. The highest BCUT2D eigenvalue weighted by Gasteiger charge is 2.35. The van der Waals surface area contributed by atoms with E-state index in [2.05, 4.69) is 0 Å². The standard InChI is InChI=1S/C9H13BO3/c1-5-6(8(10)11)3-2-4-7(5)9(12)13/h5-7H,2-4H2,1H3,(H,12,13). The number of carbonyl (C=O) groups is 2. The summed E-state index contributed by atoms with van der Waals surface area (Å²) in [5, 5.41) is 8.86. The molecular weight excluding hydrogens is 167 g/mol. The first-order chi connectivity index (χ1) is 6.04. The Kier molecular flexibility index (Phi) is 3.12. The second kappa shape index (κ2) is 3.94. The summed E-state index contributed by atoms with van der Waals surface area (Å²) in [6.45, 7) is 1.80. The van der Waals surface area contributed by atoms with Gasteiger partial charge in [0.05, 0.1) is 11.6 Å². The van der Waals surface area contributed by atoms with E-state index in [9.17, 15) is 9.59 Å². The van der Waals surface area contributed by atoms with Crippen LogP contribution in [0.4, 0.5) is 0 Å². The molecule has 0 saturated heterocycles. The lowest BCUT2D eigenvalue weighted by Crippen LogP contribution is -2.35. The topological polar surface area (TPSA) is 54.4 Å². The van der Waals surface area contributed by atoms with Crippen molar-refractivity contribution in [3.63, 3.8) is 0 Å². The van der Waals surface area contributed by atoms with E-state index in [-0.39, 0.29) is 17.5 Å². The van der Waals surface area contributed by atoms with E-state index in [1.165, 1.54) is 0 Å². The van der Waals surface area contributed by atoms with E-state index in [0.717, 1.165) is 12.8 Å². The molecule has 0 aliphatic heterocycles. The fraction of sp³-hybridized carbons (Fsp3) is 0.778. The second-order valence-corrected chi connectivity index (χ2v) is 3.74. The Hall–Kier alpha value is -0.795. The summed E-state index contributed by atoms with van der Waals surface area (Å²) in [6.07, 6.45) is 2.19. The van der Waals surface area contributed by atoms with Crippen LogP contribution in [0.15, 0.2) is 0 Å². The van der Waals surface area contributed by atoms with Crippen LogP contribution in [-0.2, 0) is 9.59 Å². The smallest absolute Gasteiger partial charge is 0.306 e. The summed E-state index contributed by atoms with van der Waals surface area (Å²) >= 11 is 0. The normalized spacial score (nSPS) is 34.1. The van der Waals surface area contributed by atoms with Crippen molar-refractivity contribution in [2.45, 2.75) is 26.2 Å². The molecule has 13 heavy (non-hydrogen) atoms. The molecule has 0 amide bonds. The van der Waals surface area contributed by atoms with Crippen molar-refractivity contribution >= 4 is 19.5 Å². The van der Waals surface area contributed by atoms with Crippen LogP contribution >= 0.6 is 0 Å². The first kappa shape index (κ1) is 10.3. The van der Waals surface area contributed by atoms with Gasteiger partial charge in [0.15, 0.2) is 7.85 Å². The Morgan fingerprint density at radius 1 is 1.31 bits per heavy atom. The largest absolute Gasteiger partial charge is 0.481 e. The molecule has 2 radical (unpaired) electrons. The molecule has 0 aromatic heterocycles. The van der Waals surface area contributed by atoms with Gasteiger partial charge in [0.25, 0.3) is 0 Å². The van der Waals surface area contributed by atoms with E-state index in [1.54, 1.807) is 6.92 Å². The molecule has 1 fully saturated rings. The van der Waals surface area contributed by atoms with Gasteiger partial charge in [-0.1, -0.05) is 13.3 Å². The third-order valence-corrected chi connectivity index (χ3v) is 2.98. The van der Waals surface area contributed by atoms with Crippen LogP contribution in [0.1, 0.15) is 26.2 Å². The Morgan fingerprint density at radius 3 is 2.31 bits per heavy atom.